The molecule has 1 saturated carbocycles. The number of carboxylic acid groups (broad SMARTS) is 1. The second-order valence-corrected chi connectivity index (χ2v) is 7.33. The predicted octanol–water partition coefficient (Wildman–Crippen LogP) is 3.97. The van der Waals surface area contributed by atoms with Gasteiger partial charge in [-0.2, -0.15) is 0 Å². The Kier molecular flexibility index (Phi) is 4.72. The Morgan fingerprint density at radius 3 is 2.52 bits per heavy atom. The quantitative estimate of drug-likeness (QED) is 0.623. The Morgan fingerprint density at radius 1 is 1.24 bits per heavy atom. The highest BCUT2D eigenvalue weighted by atomic mass is 16.6. The molecule has 0 bridgehead atoms. The van der Waals surface area contributed by atoms with Crippen molar-refractivity contribution in [1.29, 1.82) is 0 Å². The van der Waals surface area contributed by atoms with E-state index in [1.807, 2.05) is 37.3 Å². The van der Waals surface area contributed by atoms with E-state index < -0.39 is 11.5 Å². The number of rotatable bonds is 6. The molecule has 0 amide bonds. The van der Waals surface area contributed by atoms with Crippen molar-refractivity contribution < 1.29 is 14.7 Å². The van der Waals surface area contributed by atoms with Crippen LogP contribution in [0.15, 0.2) is 54.0 Å². The summed E-state index contributed by atoms with van der Waals surface area (Å²) in [4.78, 5) is 29.1. The first kappa shape index (κ1) is 19.0. The molecule has 0 unspecified atom stereocenters. The maximum absolute atomic E-state index is 12.7. The molecule has 0 saturated heterocycles. The van der Waals surface area contributed by atoms with Gasteiger partial charge in [0.15, 0.2) is 0 Å². The van der Waals surface area contributed by atoms with Gasteiger partial charge in [-0.05, 0) is 65.6 Å². The zero-order chi connectivity index (χ0) is 20.7. The topological polar surface area (TPSA) is 80.0 Å². The van der Waals surface area contributed by atoms with Crippen LogP contribution in [0.1, 0.15) is 45.8 Å². The van der Waals surface area contributed by atoms with Crippen LogP contribution in [0.5, 0.6) is 0 Å². The van der Waals surface area contributed by atoms with Crippen molar-refractivity contribution in [3.05, 3.63) is 81.8 Å². The summed E-state index contributed by atoms with van der Waals surface area (Å²) in [5.74, 6) is -0.878. The SMILES string of the molecule is C=C(NOC)c1ccc(-c2ccn3c(=O)c(C(=O)O)cc(C4CC4)c3c2C)cc1. The smallest absolute Gasteiger partial charge is 0.341 e. The first-order valence-electron chi connectivity index (χ1n) is 9.43. The average Bonchev–Trinajstić information content (AvgIpc) is 3.54. The Hall–Kier alpha value is -3.38. The van der Waals surface area contributed by atoms with E-state index in [-0.39, 0.29) is 5.56 Å². The Morgan fingerprint density at radius 2 is 1.93 bits per heavy atom. The molecule has 6 nitrogen and oxygen atoms in total. The lowest BCUT2D eigenvalue weighted by molar-refractivity contribution is 0.0694. The number of nitrogens with one attached hydrogen (secondary N) is 1. The summed E-state index contributed by atoms with van der Waals surface area (Å²) in [6, 6.07) is 11.3. The molecular weight excluding hydrogens is 368 g/mol. The predicted molar refractivity (Wildman–Crippen MR) is 112 cm³/mol. The lowest BCUT2D eigenvalue weighted by atomic mass is 9.96. The fourth-order valence-corrected chi connectivity index (χ4v) is 3.80. The molecule has 1 fully saturated rings. The number of carboxylic acids is 1. The third-order valence-electron chi connectivity index (χ3n) is 5.43. The minimum Gasteiger partial charge on any atom is -0.477 e. The van der Waals surface area contributed by atoms with Gasteiger partial charge in [0.25, 0.3) is 5.56 Å². The van der Waals surface area contributed by atoms with Crippen LogP contribution in [-0.2, 0) is 4.84 Å². The number of aromatic carboxylic acids is 1. The number of aryl methyl sites for hydroxylation is 1. The minimum atomic E-state index is -1.19. The molecular formula is C23H22N2O4. The van der Waals surface area contributed by atoms with Gasteiger partial charge in [-0.3, -0.25) is 19.5 Å². The fraction of sp³-hybridized carbons (Fsp3) is 0.217. The van der Waals surface area contributed by atoms with Crippen molar-refractivity contribution in [2.75, 3.05) is 7.11 Å². The van der Waals surface area contributed by atoms with Gasteiger partial charge in [0.05, 0.1) is 18.3 Å². The lowest BCUT2D eigenvalue weighted by Gasteiger charge is -2.16. The van der Waals surface area contributed by atoms with Crippen LogP contribution >= 0.6 is 0 Å². The third kappa shape index (κ3) is 3.32. The van der Waals surface area contributed by atoms with Gasteiger partial charge in [-0.1, -0.05) is 30.8 Å². The van der Waals surface area contributed by atoms with Gasteiger partial charge in [0.2, 0.25) is 0 Å². The number of fused-ring (bicyclic) bond motifs is 1. The molecule has 148 valence electrons. The van der Waals surface area contributed by atoms with Crippen molar-refractivity contribution in [2.24, 2.45) is 0 Å². The normalized spacial score (nSPS) is 13.4. The molecule has 4 rings (SSSR count). The highest BCUT2D eigenvalue weighted by molar-refractivity contribution is 5.89. The second-order valence-electron chi connectivity index (χ2n) is 7.33. The number of nitrogens with zero attached hydrogens (tertiary/aromatic N) is 1. The van der Waals surface area contributed by atoms with Gasteiger partial charge < -0.3 is 5.11 Å². The van der Waals surface area contributed by atoms with E-state index in [9.17, 15) is 14.7 Å². The molecule has 1 aliphatic carbocycles. The van der Waals surface area contributed by atoms with E-state index in [0.29, 0.717) is 11.6 Å². The summed E-state index contributed by atoms with van der Waals surface area (Å²) in [5, 5.41) is 9.43. The van der Waals surface area contributed by atoms with Gasteiger partial charge in [-0.25, -0.2) is 4.79 Å². The molecule has 2 aromatic heterocycles. The molecule has 0 spiro atoms. The third-order valence-corrected chi connectivity index (χ3v) is 5.43. The first-order valence-corrected chi connectivity index (χ1v) is 9.43. The van der Waals surface area contributed by atoms with Crippen LogP contribution in [0.25, 0.3) is 22.3 Å². The van der Waals surface area contributed by atoms with Crippen LogP contribution in [0.2, 0.25) is 0 Å². The molecule has 0 aliphatic heterocycles. The van der Waals surface area contributed by atoms with Crippen molar-refractivity contribution in [3.8, 4) is 11.1 Å². The summed E-state index contributed by atoms with van der Waals surface area (Å²) >= 11 is 0. The molecule has 1 aliphatic rings. The van der Waals surface area contributed by atoms with Crippen LogP contribution in [-0.4, -0.2) is 22.6 Å². The number of aromatic nitrogens is 1. The average molecular weight is 390 g/mol. The van der Waals surface area contributed by atoms with Crippen LogP contribution in [0.3, 0.4) is 0 Å². The summed E-state index contributed by atoms with van der Waals surface area (Å²) in [6.07, 6.45) is 3.71. The van der Waals surface area contributed by atoms with Gasteiger partial charge in [-0.15, -0.1) is 0 Å². The summed E-state index contributed by atoms with van der Waals surface area (Å²) in [6.45, 7) is 5.91. The van der Waals surface area contributed by atoms with Crippen LogP contribution in [0.4, 0.5) is 0 Å². The Labute approximate surface area is 168 Å². The van der Waals surface area contributed by atoms with Crippen molar-refractivity contribution in [1.82, 2.24) is 9.88 Å². The molecule has 2 heterocycles. The lowest BCUT2D eigenvalue weighted by Crippen LogP contribution is -2.23. The van der Waals surface area contributed by atoms with Gasteiger partial charge >= 0.3 is 5.97 Å². The Balaban J connectivity index is 1.87. The number of hydrogen-bond acceptors (Lipinski definition) is 4. The van der Waals surface area contributed by atoms with E-state index >= 15 is 0 Å². The largest absolute Gasteiger partial charge is 0.477 e. The molecule has 29 heavy (non-hydrogen) atoms. The van der Waals surface area contributed by atoms with E-state index in [2.05, 4.69) is 12.1 Å². The molecule has 0 radical (unpaired) electrons. The summed E-state index contributed by atoms with van der Waals surface area (Å²) < 4.78 is 1.48. The van der Waals surface area contributed by atoms with E-state index in [1.54, 1.807) is 12.3 Å². The number of hydroxylamine groups is 1. The maximum atomic E-state index is 12.7. The first-order chi connectivity index (χ1) is 13.9. The monoisotopic (exact) mass is 390 g/mol. The summed E-state index contributed by atoms with van der Waals surface area (Å²) in [7, 11) is 1.53. The molecule has 0 atom stereocenters. The summed E-state index contributed by atoms with van der Waals surface area (Å²) in [5.41, 5.74) is 8.36. The van der Waals surface area contributed by atoms with E-state index in [4.69, 9.17) is 4.84 Å². The molecule has 3 aromatic rings. The number of pyridine rings is 2. The number of carbonyl (C=O) groups is 1. The van der Waals surface area contributed by atoms with Crippen molar-refractivity contribution in [2.45, 2.75) is 25.7 Å². The van der Waals surface area contributed by atoms with Crippen molar-refractivity contribution in [3.63, 3.8) is 0 Å². The van der Waals surface area contributed by atoms with Crippen LogP contribution < -0.4 is 11.0 Å². The van der Waals surface area contributed by atoms with Gasteiger partial charge in [0, 0.05) is 6.20 Å². The number of benzene rings is 1. The fourth-order valence-electron chi connectivity index (χ4n) is 3.80. The second kappa shape index (κ2) is 7.22. The van der Waals surface area contributed by atoms with Crippen molar-refractivity contribution >= 4 is 17.2 Å². The zero-order valence-corrected chi connectivity index (χ0v) is 16.4. The Bertz CT molecular complexity index is 1190. The molecule has 2 N–H and O–H groups in total. The minimum absolute atomic E-state index is 0.176. The zero-order valence-electron chi connectivity index (χ0n) is 16.4. The van der Waals surface area contributed by atoms with Gasteiger partial charge in [0.1, 0.15) is 5.56 Å². The standard InChI is InChI=1S/C23H22N2O4/c1-13-18(16-6-4-15(5-7-16)14(2)24-29-3)10-11-25-21(13)19(17-8-9-17)12-20(22(25)26)23(27)28/h4-7,10-12,17,24H,2,8-9H2,1,3H3,(H,27,28). The van der Waals surface area contributed by atoms with E-state index in [0.717, 1.165) is 46.2 Å². The maximum Gasteiger partial charge on any atom is 0.341 e. The van der Waals surface area contributed by atoms with Crippen LogP contribution in [0, 0.1) is 6.92 Å². The highest BCUT2D eigenvalue weighted by Crippen LogP contribution is 2.43. The molecule has 6 heteroatoms. The number of hydrogen-bond donors (Lipinski definition) is 2. The van der Waals surface area contributed by atoms with E-state index in [1.165, 1.54) is 11.5 Å². The highest BCUT2D eigenvalue weighted by Gasteiger charge is 2.29. The molecule has 1 aromatic carbocycles.